The third-order valence-electron chi connectivity index (χ3n) is 2.71. The van der Waals surface area contributed by atoms with Gasteiger partial charge in [0, 0.05) is 33.1 Å². The number of aromatic nitrogens is 2. The maximum atomic E-state index is 12.3. The van der Waals surface area contributed by atoms with E-state index in [9.17, 15) is 13.2 Å². The van der Waals surface area contributed by atoms with E-state index < -0.39 is 10.0 Å². The van der Waals surface area contributed by atoms with Crippen LogP contribution in [-0.4, -0.2) is 67.0 Å². The standard InChI is InChI=1S/C9H15N5O3S2/c1-7(15)10-8-11-12-9(18-8)19(16,17)14-5-3-13(2)4-6-14/h3-6H2,1-2H3,(H,10,11,15). The summed E-state index contributed by atoms with van der Waals surface area (Å²) < 4.78 is 25.9. The predicted molar refractivity (Wildman–Crippen MR) is 70.5 cm³/mol. The quantitative estimate of drug-likeness (QED) is 0.752. The fourth-order valence-electron chi connectivity index (χ4n) is 1.65. The Balaban J connectivity index is 2.15. The Morgan fingerprint density at radius 2 is 1.89 bits per heavy atom. The van der Waals surface area contributed by atoms with Crippen LogP contribution in [0.3, 0.4) is 0 Å². The number of carbonyl (C=O) groups is 1. The molecule has 1 aromatic rings. The topological polar surface area (TPSA) is 95.5 Å². The fourth-order valence-corrected chi connectivity index (χ4v) is 4.16. The average Bonchev–Trinajstić information content (AvgIpc) is 2.78. The van der Waals surface area contributed by atoms with Crippen molar-refractivity contribution in [1.82, 2.24) is 19.4 Å². The summed E-state index contributed by atoms with van der Waals surface area (Å²) in [5, 5.41) is 9.92. The number of hydrogen-bond acceptors (Lipinski definition) is 7. The highest BCUT2D eigenvalue weighted by molar-refractivity contribution is 7.91. The Kier molecular flexibility index (Phi) is 4.13. The molecule has 0 atom stereocenters. The highest BCUT2D eigenvalue weighted by Gasteiger charge is 2.30. The van der Waals surface area contributed by atoms with Crippen molar-refractivity contribution in [1.29, 1.82) is 0 Å². The van der Waals surface area contributed by atoms with Gasteiger partial charge in [-0.15, -0.1) is 10.2 Å². The number of rotatable bonds is 3. The smallest absolute Gasteiger partial charge is 0.272 e. The molecular formula is C9H15N5O3S2. The van der Waals surface area contributed by atoms with Crippen LogP contribution in [0, 0.1) is 0 Å². The van der Waals surface area contributed by atoms with Crippen molar-refractivity contribution in [2.45, 2.75) is 11.3 Å². The minimum Gasteiger partial charge on any atom is -0.304 e. The van der Waals surface area contributed by atoms with Gasteiger partial charge in [-0.1, -0.05) is 11.3 Å². The Morgan fingerprint density at radius 1 is 1.26 bits per heavy atom. The summed E-state index contributed by atoms with van der Waals surface area (Å²) in [4.78, 5) is 12.9. The van der Waals surface area contributed by atoms with Gasteiger partial charge in [0.2, 0.25) is 15.4 Å². The van der Waals surface area contributed by atoms with E-state index >= 15 is 0 Å². The zero-order valence-electron chi connectivity index (χ0n) is 10.7. The van der Waals surface area contributed by atoms with Gasteiger partial charge in [-0.25, -0.2) is 8.42 Å². The van der Waals surface area contributed by atoms with Crippen molar-refractivity contribution in [3.8, 4) is 0 Å². The first-order valence-corrected chi connectivity index (χ1v) is 7.95. The van der Waals surface area contributed by atoms with Gasteiger partial charge in [0.05, 0.1) is 0 Å². The molecule has 1 saturated heterocycles. The van der Waals surface area contributed by atoms with Crippen molar-refractivity contribution >= 4 is 32.4 Å². The van der Waals surface area contributed by atoms with E-state index in [1.807, 2.05) is 7.05 Å². The molecule has 1 aromatic heterocycles. The Hall–Kier alpha value is -1.10. The number of amides is 1. The van der Waals surface area contributed by atoms with Gasteiger partial charge < -0.3 is 10.2 Å². The van der Waals surface area contributed by atoms with E-state index in [-0.39, 0.29) is 15.4 Å². The first-order chi connectivity index (χ1) is 8.89. The van der Waals surface area contributed by atoms with Crippen molar-refractivity contribution in [3.05, 3.63) is 0 Å². The molecule has 19 heavy (non-hydrogen) atoms. The third kappa shape index (κ3) is 3.26. The first kappa shape index (κ1) is 14.3. The molecule has 0 saturated carbocycles. The van der Waals surface area contributed by atoms with Crippen molar-refractivity contribution < 1.29 is 13.2 Å². The molecule has 0 spiro atoms. The monoisotopic (exact) mass is 305 g/mol. The van der Waals surface area contributed by atoms with Crippen LogP contribution in [-0.2, 0) is 14.8 Å². The summed E-state index contributed by atoms with van der Waals surface area (Å²) in [6.07, 6.45) is 0. The van der Waals surface area contributed by atoms with Crippen LogP contribution in [0.15, 0.2) is 4.34 Å². The number of sulfonamides is 1. The molecule has 10 heteroatoms. The first-order valence-electron chi connectivity index (χ1n) is 5.69. The lowest BCUT2D eigenvalue weighted by molar-refractivity contribution is -0.114. The van der Waals surface area contributed by atoms with E-state index in [1.165, 1.54) is 11.2 Å². The Labute approximate surface area is 115 Å². The molecule has 1 aliphatic rings. The van der Waals surface area contributed by atoms with Crippen LogP contribution < -0.4 is 5.32 Å². The predicted octanol–water partition coefficient (Wildman–Crippen LogP) is -0.567. The summed E-state index contributed by atoms with van der Waals surface area (Å²) in [6, 6.07) is 0. The van der Waals surface area contributed by atoms with E-state index in [1.54, 1.807) is 0 Å². The molecule has 1 fully saturated rings. The zero-order valence-corrected chi connectivity index (χ0v) is 12.3. The van der Waals surface area contributed by atoms with Crippen LogP contribution in [0.5, 0.6) is 0 Å². The molecule has 0 aromatic carbocycles. The van der Waals surface area contributed by atoms with Gasteiger partial charge in [0.15, 0.2) is 0 Å². The van der Waals surface area contributed by atoms with Crippen LogP contribution in [0.4, 0.5) is 5.13 Å². The molecule has 2 heterocycles. The van der Waals surface area contributed by atoms with Crippen LogP contribution in [0.1, 0.15) is 6.92 Å². The number of carbonyl (C=O) groups excluding carboxylic acids is 1. The minimum absolute atomic E-state index is 0.0826. The summed E-state index contributed by atoms with van der Waals surface area (Å²) in [5.41, 5.74) is 0. The van der Waals surface area contributed by atoms with E-state index in [0.717, 1.165) is 11.3 Å². The van der Waals surface area contributed by atoms with Gasteiger partial charge in [0.1, 0.15) is 0 Å². The number of piperazine rings is 1. The molecule has 0 unspecified atom stereocenters. The van der Waals surface area contributed by atoms with E-state index in [2.05, 4.69) is 20.4 Å². The molecule has 8 nitrogen and oxygen atoms in total. The molecule has 106 valence electrons. The second-order valence-electron chi connectivity index (χ2n) is 4.26. The molecule has 0 radical (unpaired) electrons. The van der Waals surface area contributed by atoms with Gasteiger partial charge in [-0.05, 0) is 7.05 Å². The largest absolute Gasteiger partial charge is 0.304 e. The van der Waals surface area contributed by atoms with Crippen molar-refractivity contribution in [2.24, 2.45) is 0 Å². The molecule has 1 amide bonds. The molecule has 2 rings (SSSR count). The van der Waals surface area contributed by atoms with Crippen LogP contribution in [0.2, 0.25) is 0 Å². The second-order valence-corrected chi connectivity index (χ2v) is 7.35. The normalized spacial score (nSPS) is 18.4. The molecule has 1 N–H and O–H groups in total. The lowest BCUT2D eigenvalue weighted by Gasteiger charge is -2.30. The van der Waals surface area contributed by atoms with Crippen LogP contribution >= 0.6 is 11.3 Å². The number of likely N-dealkylation sites (N-methyl/N-ethyl adjacent to an activating group) is 1. The average molecular weight is 305 g/mol. The number of anilines is 1. The highest BCUT2D eigenvalue weighted by Crippen LogP contribution is 2.23. The summed E-state index contributed by atoms with van der Waals surface area (Å²) >= 11 is 0.865. The van der Waals surface area contributed by atoms with Gasteiger partial charge in [-0.3, -0.25) is 4.79 Å². The lowest BCUT2D eigenvalue weighted by atomic mass is 10.4. The Bertz CT molecular complexity index is 562. The molecule has 0 aliphatic carbocycles. The maximum Gasteiger partial charge on any atom is 0.272 e. The van der Waals surface area contributed by atoms with Gasteiger partial charge in [-0.2, -0.15) is 4.31 Å². The summed E-state index contributed by atoms with van der Waals surface area (Å²) in [6.45, 7) is 3.59. The van der Waals surface area contributed by atoms with Crippen molar-refractivity contribution in [3.63, 3.8) is 0 Å². The number of hydrogen-bond donors (Lipinski definition) is 1. The minimum atomic E-state index is -3.60. The molecule has 0 bridgehead atoms. The number of nitrogens with zero attached hydrogens (tertiary/aromatic N) is 4. The SMILES string of the molecule is CC(=O)Nc1nnc(S(=O)(=O)N2CCN(C)CC2)s1. The fraction of sp³-hybridized carbons (Fsp3) is 0.667. The highest BCUT2D eigenvalue weighted by atomic mass is 32.2. The van der Waals surface area contributed by atoms with E-state index in [0.29, 0.717) is 26.2 Å². The third-order valence-corrected chi connectivity index (χ3v) is 5.80. The number of nitrogens with one attached hydrogen (secondary N) is 1. The lowest BCUT2D eigenvalue weighted by Crippen LogP contribution is -2.46. The maximum absolute atomic E-state index is 12.3. The molecule has 1 aliphatic heterocycles. The van der Waals surface area contributed by atoms with E-state index in [4.69, 9.17) is 0 Å². The van der Waals surface area contributed by atoms with Crippen molar-refractivity contribution in [2.75, 3.05) is 38.5 Å². The summed E-state index contributed by atoms with van der Waals surface area (Å²) in [7, 11) is -1.65. The Morgan fingerprint density at radius 3 is 2.47 bits per heavy atom. The summed E-state index contributed by atoms with van der Waals surface area (Å²) in [5.74, 6) is -0.306. The second kappa shape index (κ2) is 5.49. The zero-order chi connectivity index (χ0) is 14.0. The van der Waals surface area contributed by atoms with Gasteiger partial charge >= 0.3 is 0 Å². The molecular weight excluding hydrogens is 290 g/mol. The van der Waals surface area contributed by atoms with Crippen LogP contribution in [0.25, 0.3) is 0 Å². The van der Waals surface area contributed by atoms with Gasteiger partial charge in [0.25, 0.3) is 10.0 Å².